The first-order valence-corrected chi connectivity index (χ1v) is 5.06. The SMILES string of the molecule is COC(=O)N(c1ccccc1Cl)N(S)S. The quantitative estimate of drug-likeness (QED) is 0.637. The average Bonchev–Trinajstić information content (AvgIpc) is 2.20. The normalized spacial score (nSPS) is 10.2. The van der Waals surface area contributed by atoms with Crippen molar-refractivity contribution >= 4 is 49.0 Å². The van der Waals surface area contributed by atoms with Crippen LogP contribution in [0.25, 0.3) is 0 Å². The smallest absolute Gasteiger partial charge is 0.430 e. The summed E-state index contributed by atoms with van der Waals surface area (Å²) in [4.78, 5) is 11.4. The van der Waals surface area contributed by atoms with E-state index in [1.807, 2.05) is 0 Å². The highest BCUT2D eigenvalue weighted by Crippen LogP contribution is 2.28. The average molecular weight is 265 g/mol. The van der Waals surface area contributed by atoms with E-state index >= 15 is 0 Å². The third-order valence-electron chi connectivity index (χ3n) is 1.61. The Labute approximate surface area is 104 Å². The van der Waals surface area contributed by atoms with Gasteiger partial charge in [0.05, 0.1) is 17.8 Å². The largest absolute Gasteiger partial charge is 0.451 e. The van der Waals surface area contributed by atoms with Crippen LogP contribution in [0.2, 0.25) is 5.02 Å². The molecule has 0 radical (unpaired) electrons. The Morgan fingerprint density at radius 3 is 2.47 bits per heavy atom. The molecule has 0 heterocycles. The van der Waals surface area contributed by atoms with E-state index in [4.69, 9.17) is 11.6 Å². The van der Waals surface area contributed by atoms with Crippen LogP contribution in [-0.4, -0.2) is 17.0 Å². The summed E-state index contributed by atoms with van der Waals surface area (Å²) in [7, 11) is 1.26. The topological polar surface area (TPSA) is 32.8 Å². The molecule has 0 saturated heterocycles. The summed E-state index contributed by atoms with van der Waals surface area (Å²) in [5.41, 5.74) is 0.441. The summed E-state index contributed by atoms with van der Waals surface area (Å²) in [6, 6.07) is 6.79. The van der Waals surface area contributed by atoms with E-state index in [1.165, 1.54) is 7.11 Å². The molecular formula is C8H9ClN2O2S2. The van der Waals surface area contributed by atoms with Gasteiger partial charge in [0, 0.05) is 0 Å². The number of para-hydroxylation sites is 1. The molecule has 0 fully saturated rings. The number of hydrogen-bond donors (Lipinski definition) is 2. The second kappa shape index (κ2) is 5.50. The van der Waals surface area contributed by atoms with Crippen LogP contribution in [0.4, 0.5) is 10.5 Å². The van der Waals surface area contributed by atoms with Gasteiger partial charge in [0.25, 0.3) is 0 Å². The van der Waals surface area contributed by atoms with Gasteiger partial charge in [-0.05, 0) is 12.1 Å². The number of ether oxygens (including phenoxy) is 1. The number of nitrogens with zero attached hydrogens (tertiary/aromatic N) is 2. The van der Waals surface area contributed by atoms with Gasteiger partial charge in [-0.3, -0.25) is 0 Å². The van der Waals surface area contributed by atoms with Crippen molar-refractivity contribution in [2.75, 3.05) is 12.1 Å². The van der Waals surface area contributed by atoms with Crippen LogP contribution >= 0.6 is 37.2 Å². The minimum absolute atomic E-state index is 0.399. The number of carbonyl (C=O) groups is 1. The second-order valence-corrected chi connectivity index (χ2v) is 3.98. The van der Waals surface area contributed by atoms with Crippen LogP contribution in [0.15, 0.2) is 24.3 Å². The van der Waals surface area contributed by atoms with Crippen molar-refractivity contribution in [1.29, 1.82) is 0 Å². The van der Waals surface area contributed by atoms with Gasteiger partial charge in [0.1, 0.15) is 0 Å². The molecule has 0 saturated carbocycles. The molecule has 0 aliphatic rings. The fraction of sp³-hybridized carbons (Fsp3) is 0.125. The molecule has 1 rings (SSSR count). The highest BCUT2D eigenvalue weighted by molar-refractivity contribution is 7.93. The van der Waals surface area contributed by atoms with E-state index in [0.717, 1.165) is 8.83 Å². The highest BCUT2D eigenvalue weighted by Gasteiger charge is 2.22. The number of amides is 1. The third-order valence-corrected chi connectivity index (χ3v) is 2.28. The lowest BCUT2D eigenvalue weighted by Crippen LogP contribution is -2.36. The summed E-state index contributed by atoms with van der Waals surface area (Å²) in [6.07, 6.45) is -0.631. The predicted octanol–water partition coefficient (Wildman–Crippen LogP) is 2.82. The van der Waals surface area contributed by atoms with Crippen molar-refractivity contribution in [3.05, 3.63) is 29.3 Å². The minimum atomic E-state index is -0.631. The molecule has 1 aromatic rings. The molecule has 1 amide bonds. The Bertz CT molecular complexity index is 362. The van der Waals surface area contributed by atoms with E-state index in [-0.39, 0.29) is 0 Å². The molecule has 0 atom stereocenters. The van der Waals surface area contributed by atoms with Gasteiger partial charge in [-0.1, -0.05) is 49.4 Å². The molecule has 1 aromatic carbocycles. The van der Waals surface area contributed by atoms with Crippen LogP contribution in [0.1, 0.15) is 0 Å². The fourth-order valence-corrected chi connectivity index (χ4v) is 1.53. The minimum Gasteiger partial charge on any atom is -0.451 e. The first kappa shape index (κ1) is 12.5. The van der Waals surface area contributed by atoms with E-state index in [9.17, 15) is 4.79 Å². The van der Waals surface area contributed by atoms with Crippen LogP contribution in [0, 0.1) is 0 Å². The zero-order valence-electron chi connectivity index (χ0n) is 7.79. The first-order valence-electron chi connectivity index (χ1n) is 3.88. The summed E-state index contributed by atoms with van der Waals surface area (Å²) < 4.78 is 5.57. The van der Waals surface area contributed by atoms with E-state index in [1.54, 1.807) is 24.3 Å². The number of halogens is 1. The van der Waals surface area contributed by atoms with Crippen molar-refractivity contribution in [1.82, 2.24) is 3.82 Å². The highest BCUT2D eigenvalue weighted by atomic mass is 35.5. The predicted molar refractivity (Wildman–Crippen MR) is 66.1 cm³/mol. The van der Waals surface area contributed by atoms with Gasteiger partial charge in [0.15, 0.2) is 0 Å². The maximum Gasteiger partial charge on any atom is 0.430 e. The van der Waals surface area contributed by atoms with Gasteiger partial charge in [0.2, 0.25) is 0 Å². The van der Waals surface area contributed by atoms with Crippen molar-refractivity contribution < 1.29 is 9.53 Å². The standard InChI is InChI=1S/C8H9ClN2O2S2/c1-13-8(12)10(11(14)15)7-5-3-2-4-6(7)9/h2-5,14-15H,1H3. The number of methoxy groups -OCH3 is 1. The van der Waals surface area contributed by atoms with E-state index < -0.39 is 6.09 Å². The molecule has 0 aromatic heterocycles. The zero-order chi connectivity index (χ0) is 11.4. The van der Waals surface area contributed by atoms with Crippen LogP contribution in [-0.2, 0) is 4.74 Å². The summed E-state index contributed by atoms with van der Waals surface area (Å²) >= 11 is 13.7. The van der Waals surface area contributed by atoms with E-state index in [0.29, 0.717) is 10.7 Å². The number of anilines is 1. The molecule has 0 spiro atoms. The second-order valence-electron chi connectivity index (χ2n) is 2.50. The Morgan fingerprint density at radius 1 is 1.40 bits per heavy atom. The third kappa shape index (κ3) is 2.94. The Kier molecular flexibility index (Phi) is 4.59. The number of hydrogen-bond acceptors (Lipinski definition) is 5. The number of rotatable bonds is 2. The van der Waals surface area contributed by atoms with Crippen molar-refractivity contribution in [2.24, 2.45) is 0 Å². The van der Waals surface area contributed by atoms with Gasteiger partial charge >= 0.3 is 6.09 Å². The Hall–Kier alpha value is -0.560. The van der Waals surface area contributed by atoms with Crippen LogP contribution < -0.4 is 5.01 Å². The molecule has 0 aliphatic carbocycles. The van der Waals surface area contributed by atoms with Gasteiger partial charge in [-0.2, -0.15) is 5.01 Å². The molecular weight excluding hydrogens is 256 g/mol. The monoisotopic (exact) mass is 264 g/mol. The molecule has 82 valence electrons. The molecule has 0 aliphatic heterocycles. The molecule has 0 unspecified atom stereocenters. The lowest BCUT2D eigenvalue weighted by Gasteiger charge is -2.25. The van der Waals surface area contributed by atoms with Crippen LogP contribution in [0.3, 0.4) is 0 Å². The lowest BCUT2D eigenvalue weighted by molar-refractivity contribution is 0.174. The molecule has 15 heavy (non-hydrogen) atoms. The van der Waals surface area contributed by atoms with Gasteiger partial charge in [-0.15, -0.1) is 3.82 Å². The van der Waals surface area contributed by atoms with Crippen LogP contribution in [0.5, 0.6) is 0 Å². The lowest BCUT2D eigenvalue weighted by atomic mass is 10.3. The van der Waals surface area contributed by atoms with E-state index in [2.05, 4.69) is 30.4 Å². The number of thiol groups is 2. The number of benzene rings is 1. The van der Waals surface area contributed by atoms with Gasteiger partial charge in [-0.25, -0.2) is 4.79 Å². The first-order chi connectivity index (χ1) is 7.07. The maximum atomic E-state index is 11.4. The summed E-state index contributed by atoms with van der Waals surface area (Å²) in [6.45, 7) is 0. The maximum absolute atomic E-state index is 11.4. The molecule has 7 heteroatoms. The molecule has 0 N–H and O–H groups in total. The van der Waals surface area contributed by atoms with Crippen molar-refractivity contribution in [2.45, 2.75) is 0 Å². The number of hydrazine groups is 1. The van der Waals surface area contributed by atoms with Crippen molar-refractivity contribution in [3.63, 3.8) is 0 Å². The fourth-order valence-electron chi connectivity index (χ4n) is 0.978. The number of carbonyl (C=O) groups excluding carboxylic acids is 1. The zero-order valence-corrected chi connectivity index (χ0v) is 10.3. The Morgan fingerprint density at radius 2 is 2.00 bits per heavy atom. The molecule has 0 bridgehead atoms. The summed E-state index contributed by atoms with van der Waals surface area (Å²) in [5.74, 6) is 0. The summed E-state index contributed by atoms with van der Waals surface area (Å²) in [5, 5.41) is 1.48. The Balaban J connectivity index is 3.10. The molecule has 4 nitrogen and oxygen atoms in total. The van der Waals surface area contributed by atoms with Gasteiger partial charge < -0.3 is 4.74 Å². The van der Waals surface area contributed by atoms with Crippen molar-refractivity contribution in [3.8, 4) is 0 Å².